The van der Waals surface area contributed by atoms with E-state index >= 15 is 0 Å². The standard InChI is InChI=1S/C44H79FN3O12P/c1-3-5-7-9-11-13-15-17-19-21-23-25-27-29-38(49)56-32-35(59-39(50)30-28-26-24-22-20-18-16-14-12-10-8-6-4-2)33-57-61(54,55)58-34-37-40(51)41(52)43(60-37)48-31-36(45)42(46)47-44(48)53/h31,35,37,40-41,43,51-52H,3-30,32-34H2,1-2H3,(H,54,55)(H2,46,47,53)/t35-,37+,40+,41+,43+/m0/s1. The second-order valence-corrected chi connectivity index (χ2v) is 18.0. The van der Waals surface area contributed by atoms with Crippen LogP contribution < -0.4 is 11.4 Å². The minimum absolute atomic E-state index is 0.116. The van der Waals surface area contributed by atoms with Crippen LogP contribution in [0.5, 0.6) is 0 Å². The summed E-state index contributed by atoms with van der Waals surface area (Å²) in [5.74, 6) is -2.78. The van der Waals surface area contributed by atoms with E-state index in [1.54, 1.807) is 0 Å². The largest absolute Gasteiger partial charge is 0.472 e. The van der Waals surface area contributed by atoms with Crippen molar-refractivity contribution >= 4 is 25.6 Å². The molecule has 17 heteroatoms. The number of nitrogens with zero attached hydrogens (tertiary/aromatic N) is 2. The number of nitrogens with two attached hydrogens (primary N) is 1. The molecule has 0 saturated carbocycles. The van der Waals surface area contributed by atoms with Crippen LogP contribution in [-0.4, -0.2) is 80.8 Å². The van der Waals surface area contributed by atoms with E-state index in [4.69, 9.17) is 29.0 Å². The number of nitrogen functional groups attached to an aromatic ring is 1. The fraction of sp³-hybridized carbons (Fsp3) is 0.864. The number of halogens is 1. The first-order chi connectivity index (χ1) is 29.4. The molecule has 2 rings (SSSR count). The Labute approximate surface area is 363 Å². The number of phosphoric acid groups is 1. The van der Waals surface area contributed by atoms with E-state index in [0.29, 0.717) is 23.6 Å². The Morgan fingerprint density at radius 1 is 0.738 bits per heavy atom. The van der Waals surface area contributed by atoms with Crippen LogP contribution in [0.15, 0.2) is 11.0 Å². The number of esters is 2. The summed E-state index contributed by atoms with van der Waals surface area (Å²) in [5, 5.41) is 20.9. The first-order valence-corrected chi connectivity index (χ1v) is 24.9. The average molecular weight is 892 g/mol. The summed E-state index contributed by atoms with van der Waals surface area (Å²) in [4.78, 5) is 51.4. The van der Waals surface area contributed by atoms with Crippen molar-refractivity contribution < 1.29 is 56.9 Å². The zero-order chi connectivity index (χ0) is 44.7. The number of phosphoric ester groups is 1. The molecule has 2 heterocycles. The van der Waals surface area contributed by atoms with Crippen LogP contribution in [0.1, 0.15) is 200 Å². The number of aliphatic hydroxyl groups is 2. The summed E-state index contributed by atoms with van der Waals surface area (Å²) >= 11 is 0. The fourth-order valence-electron chi connectivity index (χ4n) is 7.31. The smallest absolute Gasteiger partial charge is 0.462 e. The van der Waals surface area contributed by atoms with Gasteiger partial charge in [-0.05, 0) is 12.8 Å². The number of carbonyl (C=O) groups is 2. The lowest BCUT2D eigenvalue weighted by Crippen LogP contribution is -2.36. The van der Waals surface area contributed by atoms with Crippen LogP contribution in [0.25, 0.3) is 0 Å². The van der Waals surface area contributed by atoms with Gasteiger partial charge < -0.3 is 35.1 Å². The molecule has 6 atom stereocenters. The normalized spacial score (nSPS) is 19.2. The van der Waals surface area contributed by atoms with E-state index in [9.17, 15) is 38.4 Å². The summed E-state index contributed by atoms with van der Waals surface area (Å²) in [5.41, 5.74) is 4.25. The van der Waals surface area contributed by atoms with E-state index in [1.165, 1.54) is 116 Å². The zero-order valence-corrected chi connectivity index (χ0v) is 38.1. The number of ether oxygens (including phenoxy) is 3. The van der Waals surface area contributed by atoms with Gasteiger partial charge in [-0.25, -0.2) is 13.8 Å². The third kappa shape index (κ3) is 24.8. The molecule has 0 aliphatic carbocycles. The number of unbranched alkanes of at least 4 members (excludes halogenated alkanes) is 24. The zero-order valence-electron chi connectivity index (χ0n) is 37.2. The SMILES string of the molecule is CCCCCCCCCCCCCCCC(=O)OC[C@@H](COP(=O)(O)OC[C@H]1O[C@@H](n2cc(F)c(N)nc2=O)[C@H](O)[C@@H]1O)OC(=O)CCCCCCCCCCCCCCC. The molecule has 0 aromatic carbocycles. The lowest BCUT2D eigenvalue weighted by molar-refractivity contribution is -0.161. The first kappa shape index (κ1) is 54.7. The van der Waals surface area contributed by atoms with Crippen molar-refractivity contribution in [3.63, 3.8) is 0 Å². The van der Waals surface area contributed by atoms with Gasteiger partial charge in [-0.15, -0.1) is 0 Å². The molecule has 1 aliphatic rings. The number of hydrogen-bond donors (Lipinski definition) is 4. The van der Waals surface area contributed by atoms with Gasteiger partial charge in [-0.2, -0.15) is 4.98 Å². The number of rotatable bonds is 38. The van der Waals surface area contributed by atoms with E-state index in [2.05, 4.69) is 18.8 Å². The highest BCUT2D eigenvalue weighted by Crippen LogP contribution is 2.44. The predicted octanol–water partition coefficient (Wildman–Crippen LogP) is 9.14. The monoisotopic (exact) mass is 892 g/mol. The Kier molecular flexibility index (Phi) is 29.7. The topological polar surface area (TPSA) is 219 Å². The maximum absolute atomic E-state index is 14.0. The molecule has 1 fully saturated rings. The number of carbonyl (C=O) groups excluding carboxylic acids is 2. The highest BCUT2D eigenvalue weighted by atomic mass is 31.2. The van der Waals surface area contributed by atoms with Crippen molar-refractivity contribution in [2.24, 2.45) is 0 Å². The van der Waals surface area contributed by atoms with Crippen LogP contribution in [0.4, 0.5) is 10.2 Å². The van der Waals surface area contributed by atoms with Crippen molar-refractivity contribution in [3.05, 3.63) is 22.5 Å². The summed E-state index contributed by atoms with van der Waals surface area (Å²) < 4.78 is 53.9. The molecule has 1 aliphatic heterocycles. The van der Waals surface area contributed by atoms with Gasteiger partial charge in [0, 0.05) is 12.8 Å². The maximum atomic E-state index is 14.0. The second-order valence-electron chi connectivity index (χ2n) is 16.6. The summed E-state index contributed by atoms with van der Waals surface area (Å²) in [7, 11) is -4.91. The molecule has 0 spiro atoms. The molecule has 0 bridgehead atoms. The molecule has 1 unspecified atom stereocenters. The lowest BCUT2D eigenvalue weighted by atomic mass is 10.0. The highest BCUT2D eigenvalue weighted by molar-refractivity contribution is 7.47. The summed E-state index contributed by atoms with van der Waals surface area (Å²) in [6.45, 7) is 2.60. The third-order valence-electron chi connectivity index (χ3n) is 11.1. The van der Waals surface area contributed by atoms with Crippen LogP contribution in [-0.2, 0) is 37.4 Å². The van der Waals surface area contributed by atoms with Gasteiger partial charge in [0.1, 0.15) is 24.9 Å². The van der Waals surface area contributed by atoms with Gasteiger partial charge in [0.25, 0.3) is 0 Å². The van der Waals surface area contributed by atoms with Crippen molar-refractivity contribution in [3.8, 4) is 0 Å². The number of aromatic nitrogens is 2. The Morgan fingerprint density at radius 3 is 1.66 bits per heavy atom. The van der Waals surface area contributed by atoms with Crippen molar-refractivity contribution in [1.82, 2.24) is 9.55 Å². The van der Waals surface area contributed by atoms with Gasteiger partial charge in [-0.1, -0.05) is 168 Å². The highest BCUT2D eigenvalue weighted by Gasteiger charge is 2.45. The molecule has 0 radical (unpaired) electrons. The molecule has 0 amide bonds. The number of hydrogen-bond acceptors (Lipinski definition) is 13. The molecule has 1 saturated heterocycles. The molecule has 5 N–H and O–H groups in total. The lowest BCUT2D eigenvalue weighted by Gasteiger charge is -2.21. The van der Waals surface area contributed by atoms with E-state index in [0.717, 1.165) is 38.5 Å². The van der Waals surface area contributed by atoms with Crippen molar-refractivity contribution in [2.45, 2.75) is 224 Å². The van der Waals surface area contributed by atoms with E-state index in [1.807, 2.05) is 0 Å². The number of aliphatic hydroxyl groups excluding tert-OH is 2. The third-order valence-corrected chi connectivity index (χ3v) is 12.0. The summed E-state index contributed by atoms with van der Waals surface area (Å²) in [6.07, 6.45) is 23.4. The minimum atomic E-state index is -4.91. The molecule has 1 aromatic rings. The van der Waals surface area contributed by atoms with Crippen molar-refractivity contribution in [2.75, 3.05) is 25.6 Å². The Bertz CT molecular complexity index is 1440. The van der Waals surface area contributed by atoms with E-state index in [-0.39, 0.29) is 12.8 Å². The Balaban J connectivity index is 1.79. The predicted molar refractivity (Wildman–Crippen MR) is 232 cm³/mol. The van der Waals surface area contributed by atoms with Gasteiger partial charge in [0.2, 0.25) is 0 Å². The van der Waals surface area contributed by atoms with Crippen LogP contribution in [0.2, 0.25) is 0 Å². The quantitative estimate of drug-likeness (QED) is 0.0277. The van der Waals surface area contributed by atoms with Crippen LogP contribution in [0.3, 0.4) is 0 Å². The number of anilines is 1. The fourth-order valence-corrected chi connectivity index (χ4v) is 8.08. The Hall–Kier alpha value is -2.46. The molecule has 61 heavy (non-hydrogen) atoms. The second kappa shape index (κ2) is 33.1. The van der Waals surface area contributed by atoms with Gasteiger partial charge in [-0.3, -0.25) is 23.2 Å². The van der Waals surface area contributed by atoms with Gasteiger partial charge in [0.15, 0.2) is 24.0 Å². The van der Waals surface area contributed by atoms with Gasteiger partial charge in [0.05, 0.1) is 19.4 Å². The van der Waals surface area contributed by atoms with E-state index < -0.39 is 87.6 Å². The first-order valence-electron chi connectivity index (χ1n) is 23.4. The van der Waals surface area contributed by atoms with Crippen LogP contribution in [0, 0.1) is 5.82 Å². The molecular formula is C44H79FN3O12P. The molecule has 1 aromatic heterocycles. The van der Waals surface area contributed by atoms with Crippen LogP contribution >= 0.6 is 7.82 Å². The minimum Gasteiger partial charge on any atom is -0.462 e. The van der Waals surface area contributed by atoms with Gasteiger partial charge >= 0.3 is 25.5 Å². The molecule has 354 valence electrons. The maximum Gasteiger partial charge on any atom is 0.472 e. The molecule has 15 nitrogen and oxygen atoms in total. The Morgan fingerprint density at radius 2 is 1.18 bits per heavy atom. The summed E-state index contributed by atoms with van der Waals surface area (Å²) in [6, 6.07) is 0. The average Bonchev–Trinajstić information content (AvgIpc) is 3.51. The molecular weight excluding hydrogens is 812 g/mol. The van der Waals surface area contributed by atoms with Crippen molar-refractivity contribution in [1.29, 1.82) is 0 Å².